The van der Waals surface area contributed by atoms with Crippen LogP contribution in [0.4, 0.5) is 16.2 Å². The molecule has 1 aliphatic heterocycles. The van der Waals surface area contributed by atoms with E-state index in [1.54, 1.807) is 0 Å². The predicted molar refractivity (Wildman–Crippen MR) is 142 cm³/mol. The van der Waals surface area contributed by atoms with E-state index >= 15 is 0 Å². The molecule has 8 heteroatoms. The van der Waals surface area contributed by atoms with Gasteiger partial charge in [0.2, 0.25) is 5.91 Å². The molecular formula is C27H27N5O2S. The first kappa shape index (κ1) is 22.9. The number of H-pyrrole nitrogens is 1. The number of nitrogens with two attached hydrogens (primary N) is 1. The van der Waals surface area contributed by atoms with Crippen molar-refractivity contribution in [2.45, 2.75) is 23.9 Å². The maximum Gasteiger partial charge on any atom is 0.319 e. The molecule has 0 saturated heterocycles. The highest BCUT2D eigenvalue weighted by atomic mass is 32.2. The van der Waals surface area contributed by atoms with Crippen molar-refractivity contribution in [2.75, 3.05) is 22.5 Å². The van der Waals surface area contributed by atoms with Crippen molar-refractivity contribution >= 4 is 46.0 Å². The number of anilines is 2. The van der Waals surface area contributed by atoms with Gasteiger partial charge in [0.1, 0.15) is 0 Å². The molecule has 0 spiro atoms. The molecule has 0 fully saturated rings. The van der Waals surface area contributed by atoms with Gasteiger partial charge in [-0.2, -0.15) is 0 Å². The van der Waals surface area contributed by atoms with Crippen LogP contribution in [0.25, 0.3) is 10.9 Å². The van der Waals surface area contributed by atoms with Crippen LogP contribution in [0.3, 0.4) is 0 Å². The van der Waals surface area contributed by atoms with Crippen LogP contribution in [0.1, 0.15) is 23.6 Å². The Balaban J connectivity index is 1.36. The van der Waals surface area contributed by atoms with Gasteiger partial charge in [0.15, 0.2) is 0 Å². The second-order valence-electron chi connectivity index (χ2n) is 8.58. The quantitative estimate of drug-likeness (QED) is 0.295. The molecule has 7 nitrogen and oxygen atoms in total. The molecule has 1 aromatic heterocycles. The number of amides is 3. The fraction of sp³-hybridized carbons (Fsp3) is 0.185. The maximum atomic E-state index is 12.8. The number of nitrogens with one attached hydrogen (secondary N) is 3. The third kappa shape index (κ3) is 5.44. The predicted octanol–water partition coefficient (Wildman–Crippen LogP) is 5.02. The third-order valence-corrected chi connectivity index (χ3v) is 7.13. The number of hydrogen-bond acceptors (Lipinski definition) is 4. The molecule has 0 radical (unpaired) electrons. The monoisotopic (exact) mass is 485 g/mol. The molecule has 0 aliphatic carbocycles. The number of fused-ring (bicyclic) bond motifs is 2. The molecule has 1 atom stereocenters. The zero-order valence-electron chi connectivity index (χ0n) is 19.2. The molecule has 0 bridgehead atoms. The fourth-order valence-corrected chi connectivity index (χ4v) is 5.41. The smallest absolute Gasteiger partial charge is 0.319 e. The second-order valence-corrected chi connectivity index (χ2v) is 9.72. The summed E-state index contributed by atoms with van der Waals surface area (Å²) in [5.41, 5.74) is 10.3. The summed E-state index contributed by atoms with van der Waals surface area (Å²) in [5.74, 6) is 0.534. The topological polar surface area (TPSA) is 103 Å². The molecule has 3 aromatic carbocycles. The summed E-state index contributed by atoms with van der Waals surface area (Å²) in [5, 5.41) is 6.87. The lowest BCUT2D eigenvalue weighted by molar-refractivity contribution is -0.118. The molecule has 0 saturated carbocycles. The zero-order chi connectivity index (χ0) is 24.2. The zero-order valence-corrected chi connectivity index (χ0v) is 20.0. The standard InChI is InChI=1S/C27H27N5O2S/c28-26(33)16-23(31-27(34)30-21-8-6-19-10-11-29-22(19)15-21)20-7-9-25-24(14-20)32(12-13-35-25)17-18-4-2-1-3-5-18/h1-11,14-15,23,29H,12-13,16-17H2,(H2,28,33)(H2,30,31,34). The van der Waals surface area contributed by atoms with Crippen LogP contribution < -0.4 is 21.3 Å². The van der Waals surface area contributed by atoms with E-state index in [9.17, 15) is 9.59 Å². The van der Waals surface area contributed by atoms with Crippen molar-refractivity contribution < 1.29 is 9.59 Å². The highest BCUT2D eigenvalue weighted by Gasteiger charge is 2.23. The molecule has 2 heterocycles. The van der Waals surface area contributed by atoms with Gasteiger partial charge in [0.05, 0.1) is 18.2 Å². The minimum atomic E-state index is -0.544. The van der Waals surface area contributed by atoms with Gasteiger partial charge in [-0.25, -0.2) is 4.79 Å². The largest absolute Gasteiger partial charge is 0.370 e. The van der Waals surface area contributed by atoms with E-state index in [2.05, 4.69) is 44.8 Å². The van der Waals surface area contributed by atoms with E-state index in [4.69, 9.17) is 5.73 Å². The van der Waals surface area contributed by atoms with Crippen molar-refractivity contribution in [1.29, 1.82) is 0 Å². The Bertz CT molecular complexity index is 1350. The normalized spacial score (nSPS) is 13.8. The van der Waals surface area contributed by atoms with Gasteiger partial charge < -0.3 is 26.3 Å². The number of benzene rings is 3. The number of primary amides is 1. The Labute approximate surface area is 208 Å². The molecule has 35 heavy (non-hydrogen) atoms. The van der Waals surface area contributed by atoms with Crippen LogP contribution in [-0.2, 0) is 11.3 Å². The number of carbonyl (C=O) groups excluding carboxylic acids is 2. The van der Waals surface area contributed by atoms with E-state index in [0.717, 1.165) is 41.0 Å². The average molecular weight is 486 g/mol. The van der Waals surface area contributed by atoms with Gasteiger partial charge in [-0.3, -0.25) is 4.79 Å². The first-order chi connectivity index (χ1) is 17.0. The average Bonchev–Trinajstić information content (AvgIpc) is 3.32. The lowest BCUT2D eigenvalue weighted by Gasteiger charge is -2.32. The van der Waals surface area contributed by atoms with Gasteiger partial charge in [-0.05, 0) is 46.8 Å². The van der Waals surface area contributed by atoms with Crippen LogP contribution in [0.15, 0.2) is 83.9 Å². The Morgan fingerprint density at radius 2 is 1.91 bits per heavy atom. The number of carbonyl (C=O) groups is 2. The van der Waals surface area contributed by atoms with Crippen LogP contribution in [0.2, 0.25) is 0 Å². The maximum absolute atomic E-state index is 12.8. The van der Waals surface area contributed by atoms with Crippen molar-refractivity contribution in [3.63, 3.8) is 0 Å². The number of rotatable bonds is 7. The summed E-state index contributed by atoms with van der Waals surface area (Å²) < 4.78 is 0. The highest BCUT2D eigenvalue weighted by Crippen LogP contribution is 2.37. The molecule has 5 N–H and O–H groups in total. The first-order valence-electron chi connectivity index (χ1n) is 11.5. The number of nitrogens with zero attached hydrogens (tertiary/aromatic N) is 1. The summed E-state index contributed by atoms with van der Waals surface area (Å²) in [7, 11) is 0. The summed E-state index contributed by atoms with van der Waals surface area (Å²) >= 11 is 1.82. The molecule has 178 valence electrons. The van der Waals surface area contributed by atoms with Crippen molar-refractivity contribution in [3.8, 4) is 0 Å². The van der Waals surface area contributed by atoms with E-state index < -0.39 is 18.0 Å². The second kappa shape index (κ2) is 10.1. The number of aromatic nitrogens is 1. The van der Waals surface area contributed by atoms with Crippen molar-refractivity contribution in [3.05, 3.63) is 90.1 Å². The number of urea groups is 1. The molecule has 3 amide bonds. The van der Waals surface area contributed by atoms with Crippen LogP contribution in [-0.4, -0.2) is 29.2 Å². The summed E-state index contributed by atoms with van der Waals surface area (Å²) in [6, 6.07) is 23.1. The van der Waals surface area contributed by atoms with Gasteiger partial charge in [0, 0.05) is 41.1 Å². The van der Waals surface area contributed by atoms with Gasteiger partial charge in [0.25, 0.3) is 0 Å². The Morgan fingerprint density at radius 3 is 2.74 bits per heavy atom. The van der Waals surface area contributed by atoms with Gasteiger partial charge in [-0.1, -0.05) is 42.5 Å². The van der Waals surface area contributed by atoms with E-state index in [0.29, 0.717) is 5.69 Å². The van der Waals surface area contributed by atoms with Crippen LogP contribution >= 0.6 is 11.8 Å². The summed E-state index contributed by atoms with van der Waals surface area (Å²) in [6.07, 6.45) is 1.86. The third-order valence-electron chi connectivity index (χ3n) is 6.08. The van der Waals surface area contributed by atoms with Gasteiger partial charge >= 0.3 is 6.03 Å². The number of aromatic amines is 1. The van der Waals surface area contributed by atoms with E-state index in [1.807, 2.05) is 66.5 Å². The Morgan fingerprint density at radius 1 is 1.06 bits per heavy atom. The Hall–Kier alpha value is -3.91. The number of thioether (sulfide) groups is 1. The summed E-state index contributed by atoms with van der Waals surface area (Å²) in [6.45, 7) is 1.72. The summed E-state index contributed by atoms with van der Waals surface area (Å²) in [4.78, 5) is 31.4. The van der Waals surface area contributed by atoms with Gasteiger partial charge in [-0.15, -0.1) is 11.8 Å². The first-order valence-corrected chi connectivity index (χ1v) is 12.5. The van der Waals surface area contributed by atoms with E-state index in [1.165, 1.54) is 10.5 Å². The Kier molecular flexibility index (Phi) is 6.63. The minimum absolute atomic E-state index is 0.00764. The molecule has 4 aromatic rings. The molecule has 1 aliphatic rings. The number of hydrogen-bond donors (Lipinski definition) is 4. The lowest BCUT2D eigenvalue weighted by atomic mass is 10.0. The van der Waals surface area contributed by atoms with Crippen molar-refractivity contribution in [1.82, 2.24) is 10.3 Å². The molecule has 5 rings (SSSR count). The van der Waals surface area contributed by atoms with Crippen LogP contribution in [0, 0.1) is 0 Å². The fourth-order valence-electron chi connectivity index (χ4n) is 4.38. The highest BCUT2D eigenvalue weighted by molar-refractivity contribution is 7.99. The lowest BCUT2D eigenvalue weighted by Crippen LogP contribution is -2.35. The van der Waals surface area contributed by atoms with Crippen LogP contribution in [0.5, 0.6) is 0 Å². The SMILES string of the molecule is NC(=O)CC(NC(=O)Nc1ccc2cc[nH]c2c1)c1ccc2c(c1)N(Cc1ccccc1)CCS2. The molecular weight excluding hydrogens is 458 g/mol. The van der Waals surface area contributed by atoms with E-state index in [-0.39, 0.29) is 6.42 Å². The van der Waals surface area contributed by atoms with Crippen molar-refractivity contribution in [2.24, 2.45) is 5.73 Å². The molecule has 1 unspecified atom stereocenters. The minimum Gasteiger partial charge on any atom is -0.370 e.